The fourth-order valence-corrected chi connectivity index (χ4v) is 2.37. The van der Waals surface area contributed by atoms with Crippen molar-refractivity contribution in [1.29, 1.82) is 5.26 Å². The number of aromatic nitrogens is 1. The van der Waals surface area contributed by atoms with Crippen molar-refractivity contribution in [2.45, 2.75) is 12.2 Å². The second-order valence-corrected chi connectivity index (χ2v) is 5.27. The van der Waals surface area contributed by atoms with Crippen LogP contribution < -0.4 is 15.2 Å². The molecular formula is C15H8F5N3O4. The summed E-state index contributed by atoms with van der Waals surface area (Å²) in [7, 11) is 0.994. The Hall–Kier alpha value is -3.49. The number of nitriles is 1. The van der Waals surface area contributed by atoms with E-state index in [1.54, 1.807) is 6.07 Å². The Kier molecular flexibility index (Phi) is 3.91. The first-order valence-electron chi connectivity index (χ1n) is 6.99. The molecular weight excluding hydrogens is 381 g/mol. The number of anilines is 1. The molecule has 2 aromatic rings. The molecule has 27 heavy (non-hydrogen) atoms. The number of methoxy groups -OCH3 is 1. The van der Waals surface area contributed by atoms with Gasteiger partial charge >= 0.3 is 18.2 Å². The lowest BCUT2D eigenvalue weighted by Crippen LogP contribution is -2.52. The number of hydrogen-bond donors (Lipinski definition) is 1. The third-order valence-electron chi connectivity index (χ3n) is 3.63. The molecule has 0 saturated heterocycles. The Morgan fingerprint density at radius 3 is 2.30 bits per heavy atom. The number of fused-ring (bicyclic) bond motifs is 1. The van der Waals surface area contributed by atoms with Gasteiger partial charge in [0.1, 0.15) is 6.07 Å². The number of carbonyl (C=O) groups excluding carboxylic acids is 1. The van der Waals surface area contributed by atoms with E-state index in [0.717, 1.165) is 17.9 Å². The molecule has 0 radical (unpaired) electrons. The summed E-state index contributed by atoms with van der Waals surface area (Å²) in [5.74, 6) is -4.19. The number of rotatable bonds is 2. The molecule has 3 rings (SSSR count). The Balaban J connectivity index is 2.22. The molecule has 2 heterocycles. The molecule has 0 amide bonds. The van der Waals surface area contributed by atoms with E-state index in [9.17, 15) is 26.7 Å². The molecule has 1 aromatic carbocycles. The Bertz CT molecular complexity index is 996. The lowest BCUT2D eigenvalue weighted by Gasteiger charge is -2.32. The molecule has 142 valence electrons. The zero-order chi connectivity index (χ0) is 20.1. The van der Waals surface area contributed by atoms with Crippen LogP contribution in [0.25, 0.3) is 5.69 Å². The van der Waals surface area contributed by atoms with Crippen LogP contribution in [0, 0.1) is 17.1 Å². The number of ether oxygens (including phenoxy) is 3. The molecule has 0 aliphatic carbocycles. The zero-order valence-corrected chi connectivity index (χ0v) is 13.2. The van der Waals surface area contributed by atoms with Gasteiger partial charge < -0.3 is 24.5 Å². The van der Waals surface area contributed by atoms with Gasteiger partial charge in [-0.15, -0.1) is 0 Å². The number of alkyl halides is 4. The van der Waals surface area contributed by atoms with Crippen LogP contribution in [0.15, 0.2) is 18.3 Å². The lowest BCUT2D eigenvalue weighted by molar-refractivity contribution is -0.391. The number of esters is 1. The highest BCUT2D eigenvalue weighted by Crippen LogP contribution is 2.48. The molecule has 7 nitrogen and oxygen atoms in total. The van der Waals surface area contributed by atoms with Crippen LogP contribution in [0.2, 0.25) is 0 Å². The van der Waals surface area contributed by atoms with Crippen LogP contribution >= 0.6 is 0 Å². The Morgan fingerprint density at radius 2 is 1.78 bits per heavy atom. The second-order valence-electron chi connectivity index (χ2n) is 5.27. The number of nitrogens with two attached hydrogens (primary N) is 1. The van der Waals surface area contributed by atoms with Crippen molar-refractivity contribution in [3.8, 4) is 23.3 Å². The summed E-state index contributed by atoms with van der Waals surface area (Å²) in [6.07, 6.45) is -9.09. The number of nitrogens with zero attached hydrogens (tertiary/aromatic N) is 2. The molecule has 0 saturated carbocycles. The Labute approximate surface area is 147 Å². The maximum atomic E-state index is 14.4. The summed E-state index contributed by atoms with van der Waals surface area (Å²) >= 11 is 0. The minimum absolute atomic E-state index is 0.235. The van der Waals surface area contributed by atoms with Crippen LogP contribution in [0.5, 0.6) is 11.5 Å². The summed E-state index contributed by atoms with van der Waals surface area (Å²) in [6, 6.07) is 2.63. The number of benzene rings is 1. The number of halogens is 5. The van der Waals surface area contributed by atoms with Crippen LogP contribution in [-0.2, 0) is 4.74 Å². The van der Waals surface area contributed by atoms with E-state index in [0.29, 0.717) is 12.1 Å². The monoisotopic (exact) mass is 389 g/mol. The molecule has 0 bridgehead atoms. The molecule has 0 fully saturated rings. The fourth-order valence-electron chi connectivity index (χ4n) is 2.37. The Morgan fingerprint density at radius 1 is 1.22 bits per heavy atom. The van der Waals surface area contributed by atoms with Gasteiger partial charge in [0, 0.05) is 18.3 Å². The average Bonchev–Trinajstić information content (AvgIpc) is 2.91. The van der Waals surface area contributed by atoms with Crippen molar-refractivity contribution < 1.29 is 41.0 Å². The maximum absolute atomic E-state index is 14.4. The van der Waals surface area contributed by atoms with Gasteiger partial charge in [0.25, 0.3) is 0 Å². The molecule has 1 aliphatic rings. The maximum Gasteiger partial charge on any atom is 0.507 e. The van der Waals surface area contributed by atoms with Crippen molar-refractivity contribution >= 4 is 11.7 Å². The van der Waals surface area contributed by atoms with Crippen molar-refractivity contribution in [3.63, 3.8) is 0 Å². The summed E-state index contributed by atoms with van der Waals surface area (Å²) in [6.45, 7) is 0. The van der Waals surface area contributed by atoms with Crippen LogP contribution in [0.4, 0.5) is 27.6 Å². The van der Waals surface area contributed by atoms with Gasteiger partial charge in [0.05, 0.1) is 24.0 Å². The molecule has 0 unspecified atom stereocenters. The van der Waals surface area contributed by atoms with Crippen molar-refractivity contribution in [3.05, 3.63) is 35.4 Å². The number of nitrogen functional groups attached to an aromatic ring is 1. The van der Waals surface area contributed by atoms with E-state index in [2.05, 4.69) is 14.2 Å². The summed E-state index contributed by atoms with van der Waals surface area (Å²) in [5.41, 5.74) is 4.01. The van der Waals surface area contributed by atoms with Crippen LogP contribution in [0.3, 0.4) is 0 Å². The minimum atomic E-state index is -5.02. The molecule has 1 aromatic heterocycles. The van der Waals surface area contributed by atoms with Crippen LogP contribution in [0.1, 0.15) is 16.1 Å². The first-order chi connectivity index (χ1) is 12.5. The lowest BCUT2D eigenvalue weighted by atomic mass is 10.2. The normalized spacial score (nSPS) is 16.5. The summed E-state index contributed by atoms with van der Waals surface area (Å²) in [4.78, 5) is 11.9. The number of hydrogen-bond acceptors (Lipinski definition) is 6. The molecule has 2 N–H and O–H groups in total. The van der Waals surface area contributed by atoms with Gasteiger partial charge in [0.2, 0.25) is 0 Å². The van der Waals surface area contributed by atoms with Crippen molar-refractivity contribution in [1.82, 2.24) is 4.57 Å². The van der Waals surface area contributed by atoms with Crippen molar-refractivity contribution in [2.75, 3.05) is 12.8 Å². The van der Waals surface area contributed by atoms with Gasteiger partial charge in [-0.1, -0.05) is 0 Å². The van der Waals surface area contributed by atoms with Gasteiger partial charge in [-0.2, -0.15) is 22.8 Å². The van der Waals surface area contributed by atoms with E-state index in [1.165, 1.54) is 0 Å². The van der Waals surface area contributed by atoms with Gasteiger partial charge in [-0.3, -0.25) is 0 Å². The largest absolute Gasteiger partial charge is 0.507 e. The fraction of sp³-hybridized carbons (Fsp3) is 0.200. The predicted octanol–water partition coefficient (Wildman–Crippen LogP) is 2.81. The third kappa shape index (κ3) is 2.67. The SMILES string of the molecule is COC(=O)c1c(N)c(C#N)cn1-c1cc2c(cc1F)OC(F)(F)C(F)(F)O2. The van der Waals surface area contributed by atoms with Crippen molar-refractivity contribution in [2.24, 2.45) is 0 Å². The highest BCUT2D eigenvalue weighted by atomic mass is 19.3. The first kappa shape index (κ1) is 18.3. The topological polar surface area (TPSA) is 99.5 Å². The zero-order valence-electron chi connectivity index (χ0n) is 13.2. The predicted molar refractivity (Wildman–Crippen MR) is 77.3 cm³/mol. The van der Waals surface area contributed by atoms with E-state index in [4.69, 9.17) is 11.0 Å². The van der Waals surface area contributed by atoms with Gasteiger partial charge in [0.15, 0.2) is 23.0 Å². The van der Waals surface area contributed by atoms with E-state index < -0.39 is 46.9 Å². The number of carbonyl (C=O) groups is 1. The smallest absolute Gasteiger partial charge is 0.464 e. The van der Waals surface area contributed by atoms with E-state index in [1.807, 2.05) is 0 Å². The molecule has 0 spiro atoms. The first-order valence-corrected chi connectivity index (χ1v) is 6.99. The minimum Gasteiger partial charge on any atom is -0.464 e. The third-order valence-corrected chi connectivity index (χ3v) is 3.63. The van der Waals surface area contributed by atoms with Gasteiger partial charge in [-0.25, -0.2) is 9.18 Å². The molecule has 1 aliphatic heterocycles. The van der Waals surface area contributed by atoms with Crippen LogP contribution in [-0.4, -0.2) is 29.9 Å². The highest BCUT2D eigenvalue weighted by Gasteiger charge is 2.66. The van der Waals surface area contributed by atoms with E-state index >= 15 is 0 Å². The molecule has 12 heteroatoms. The standard InChI is InChI=1S/C15H8F5N3O4/c1-25-13(24)12-11(22)6(4-21)5-23(12)8-3-10-9(2-7(8)16)26-14(17,18)15(19,20)27-10/h2-3,5H,22H2,1H3. The average molecular weight is 389 g/mol. The second kappa shape index (κ2) is 5.76. The summed E-state index contributed by atoms with van der Waals surface area (Å²) in [5, 5.41) is 9.03. The van der Waals surface area contributed by atoms with E-state index in [-0.39, 0.29) is 11.3 Å². The van der Waals surface area contributed by atoms with Gasteiger partial charge in [-0.05, 0) is 0 Å². The molecule has 0 atom stereocenters. The summed E-state index contributed by atoms with van der Waals surface area (Å²) < 4.78 is 80.5. The highest BCUT2D eigenvalue weighted by molar-refractivity contribution is 5.96. The quantitative estimate of drug-likeness (QED) is 0.626.